The minimum Gasteiger partial charge on any atom is -0.507 e. The van der Waals surface area contributed by atoms with Gasteiger partial charge < -0.3 is 14.8 Å². The molecule has 1 aliphatic heterocycles. The van der Waals surface area contributed by atoms with Gasteiger partial charge in [0, 0.05) is 33.4 Å². The molecular weight excluding hydrogens is 524 g/mol. The fourth-order valence-electron chi connectivity index (χ4n) is 5.75. The van der Waals surface area contributed by atoms with Crippen LogP contribution in [-0.4, -0.2) is 21.8 Å². The first-order chi connectivity index (χ1) is 20.2. The van der Waals surface area contributed by atoms with Gasteiger partial charge in [-0.25, -0.2) is 0 Å². The second kappa shape index (κ2) is 10.7. The number of aromatic amines is 1. The number of Topliss-reactive ketones (excluding diaryl/α,β-unsaturated/α-hetero) is 1. The van der Waals surface area contributed by atoms with Crippen LogP contribution in [0.1, 0.15) is 45.1 Å². The molecule has 1 amide bonds. The molecule has 0 aliphatic carbocycles. The number of carbonyl (C=O) groups excluding carboxylic acids is 2. The second-order valence-corrected chi connectivity index (χ2v) is 10.9. The first-order valence-corrected chi connectivity index (χ1v) is 14.0. The Labute approximate surface area is 244 Å². The van der Waals surface area contributed by atoms with Crippen LogP contribution in [0.5, 0.6) is 5.75 Å². The van der Waals surface area contributed by atoms with E-state index in [4.69, 9.17) is 4.74 Å². The van der Waals surface area contributed by atoms with Gasteiger partial charge in [-0.1, -0.05) is 54.6 Å². The standard InChI is InChI=1S/C36H32N2O4/c1-21-14-16-27(19-22(21)2)38-33(31-24(4)37-29-13-9-8-12-28(29)31)32(35(40)36(38)41)34(39)26-15-17-30(23(3)18-26)42-20-25-10-6-5-7-11-25/h5-19,33,37,39H,20H2,1-4H3/b34-32+. The van der Waals surface area contributed by atoms with Crippen LogP contribution in [0.15, 0.2) is 96.6 Å². The minimum absolute atomic E-state index is 0.0587. The summed E-state index contributed by atoms with van der Waals surface area (Å²) in [7, 11) is 0. The summed E-state index contributed by atoms with van der Waals surface area (Å²) in [5.41, 5.74) is 7.55. The Kier molecular flexibility index (Phi) is 6.91. The lowest BCUT2D eigenvalue weighted by Crippen LogP contribution is -2.29. The van der Waals surface area contributed by atoms with Gasteiger partial charge in [0.1, 0.15) is 18.1 Å². The fourth-order valence-corrected chi connectivity index (χ4v) is 5.75. The molecule has 0 bridgehead atoms. The number of aromatic nitrogens is 1. The Morgan fingerprint density at radius 1 is 0.833 bits per heavy atom. The quantitative estimate of drug-likeness (QED) is 0.128. The highest BCUT2D eigenvalue weighted by Gasteiger charge is 2.48. The average Bonchev–Trinajstić information content (AvgIpc) is 3.45. The number of aryl methyl sites for hydroxylation is 4. The van der Waals surface area contributed by atoms with Crippen molar-refractivity contribution in [2.24, 2.45) is 0 Å². The third kappa shape index (κ3) is 4.65. The summed E-state index contributed by atoms with van der Waals surface area (Å²) >= 11 is 0. The number of rotatable bonds is 6. The topological polar surface area (TPSA) is 82.6 Å². The van der Waals surface area contributed by atoms with Crippen molar-refractivity contribution < 1.29 is 19.4 Å². The molecule has 0 saturated carbocycles. The van der Waals surface area contributed by atoms with Gasteiger partial charge in [-0.3, -0.25) is 14.5 Å². The normalized spacial score (nSPS) is 16.4. The smallest absolute Gasteiger partial charge is 0.300 e. The maximum Gasteiger partial charge on any atom is 0.300 e. The van der Waals surface area contributed by atoms with Crippen LogP contribution in [0.4, 0.5) is 5.69 Å². The summed E-state index contributed by atoms with van der Waals surface area (Å²) in [6, 6.07) is 27.9. The number of nitrogens with one attached hydrogen (secondary N) is 1. The zero-order valence-electron chi connectivity index (χ0n) is 24.1. The summed E-state index contributed by atoms with van der Waals surface area (Å²) < 4.78 is 6.03. The van der Waals surface area contributed by atoms with Gasteiger partial charge in [-0.2, -0.15) is 0 Å². The van der Waals surface area contributed by atoms with E-state index in [1.54, 1.807) is 18.2 Å². The number of ether oxygens (including phenoxy) is 1. The molecule has 6 heteroatoms. The van der Waals surface area contributed by atoms with Crippen LogP contribution in [0.2, 0.25) is 0 Å². The van der Waals surface area contributed by atoms with E-state index in [-0.39, 0.29) is 11.3 Å². The predicted octanol–water partition coefficient (Wildman–Crippen LogP) is 7.61. The molecule has 5 aromatic rings. The molecule has 2 heterocycles. The Balaban J connectivity index is 1.48. The molecule has 1 unspecified atom stereocenters. The number of aliphatic hydroxyl groups excluding tert-OH is 1. The molecule has 1 fully saturated rings. The van der Waals surface area contributed by atoms with Gasteiger partial charge in [0.2, 0.25) is 0 Å². The summed E-state index contributed by atoms with van der Waals surface area (Å²) in [5.74, 6) is -0.932. The summed E-state index contributed by atoms with van der Waals surface area (Å²) in [5, 5.41) is 12.6. The Morgan fingerprint density at radius 2 is 1.57 bits per heavy atom. The zero-order valence-corrected chi connectivity index (χ0v) is 24.1. The number of aliphatic hydroxyl groups is 1. The third-order valence-electron chi connectivity index (χ3n) is 8.12. The SMILES string of the molecule is Cc1ccc(N2C(=O)C(=O)/C(=C(/O)c3ccc(OCc4ccccc4)c(C)c3)C2c2c(C)[nH]c3ccccc23)cc1C. The van der Waals surface area contributed by atoms with Crippen molar-refractivity contribution in [1.29, 1.82) is 0 Å². The van der Waals surface area contributed by atoms with Crippen LogP contribution in [0.3, 0.4) is 0 Å². The molecule has 0 radical (unpaired) electrons. The van der Waals surface area contributed by atoms with Crippen LogP contribution in [-0.2, 0) is 16.2 Å². The lowest BCUT2D eigenvalue weighted by Gasteiger charge is -2.26. The Morgan fingerprint density at radius 3 is 2.31 bits per heavy atom. The minimum atomic E-state index is -0.822. The number of H-pyrrole nitrogens is 1. The predicted molar refractivity (Wildman–Crippen MR) is 166 cm³/mol. The largest absolute Gasteiger partial charge is 0.507 e. The van der Waals surface area contributed by atoms with E-state index in [0.29, 0.717) is 23.6 Å². The van der Waals surface area contributed by atoms with Crippen molar-refractivity contribution in [2.75, 3.05) is 4.90 Å². The molecule has 6 nitrogen and oxygen atoms in total. The highest BCUT2D eigenvalue weighted by atomic mass is 16.5. The van der Waals surface area contributed by atoms with E-state index < -0.39 is 17.7 Å². The van der Waals surface area contributed by atoms with Crippen LogP contribution in [0, 0.1) is 27.7 Å². The van der Waals surface area contributed by atoms with E-state index in [0.717, 1.165) is 44.4 Å². The number of benzene rings is 4. The summed E-state index contributed by atoms with van der Waals surface area (Å²) in [6.07, 6.45) is 0. The van der Waals surface area contributed by atoms with Crippen LogP contribution >= 0.6 is 0 Å². The van der Waals surface area contributed by atoms with Crippen molar-refractivity contribution in [3.8, 4) is 5.75 Å². The number of amides is 1. The van der Waals surface area contributed by atoms with E-state index in [9.17, 15) is 14.7 Å². The number of fused-ring (bicyclic) bond motifs is 1. The lowest BCUT2D eigenvalue weighted by atomic mass is 9.92. The van der Waals surface area contributed by atoms with Gasteiger partial charge in [-0.05, 0) is 86.3 Å². The lowest BCUT2D eigenvalue weighted by molar-refractivity contribution is -0.132. The molecule has 1 atom stereocenters. The van der Waals surface area contributed by atoms with Crippen molar-refractivity contribution >= 4 is 34.0 Å². The highest BCUT2D eigenvalue weighted by Crippen LogP contribution is 2.46. The van der Waals surface area contributed by atoms with E-state index in [2.05, 4.69) is 4.98 Å². The highest BCUT2D eigenvalue weighted by molar-refractivity contribution is 6.52. The number of anilines is 1. The molecule has 2 N–H and O–H groups in total. The number of hydrogen-bond acceptors (Lipinski definition) is 4. The first kappa shape index (κ1) is 27.1. The zero-order chi connectivity index (χ0) is 29.5. The molecule has 1 aromatic heterocycles. The summed E-state index contributed by atoms with van der Waals surface area (Å²) in [6.45, 7) is 8.22. The van der Waals surface area contributed by atoms with Gasteiger partial charge >= 0.3 is 0 Å². The van der Waals surface area contributed by atoms with Gasteiger partial charge in [0.05, 0.1) is 11.6 Å². The molecule has 4 aromatic carbocycles. The average molecular weight is 557 g/mol. The number of nitrogens with zero attached hydrogens (tertiary/aromatic N) is 1. The molecule has 210 valence electrons. The van der Waals surface area contributed by atoms with Crippen LogP contribution in [0.25, 0.3) is 16.7 Å². The Hall–Kier alpha value is -5.10. The third-order valence-corrected chi connectivity index (χ3v) is 8.12. The molecule has 42 heavy (non-hydrogen) atoms. The maximum absolute atomic E-state index is 13.8. The number of ketones is 1. The van der Waals surface area contributed by atoms with E-state index in [1.165, 1.54) is 4.90 Å². The van der Waals surface area contributed by atoms with Crippen molar-refractivity contribution in [3.63, 3.8) is 0 Å². The van der Waals surface area contributed by atoms with Crippen molar-refractivity contribution in [3.05, 3.63) is 136 Å². The van der Waals surface area contributed by atoms with E-state index >= 15 is 0 Å². The van der Waals surface area contributed by atoms with Crippen LogP contribution < -0.4 is 9.64 Å². The maximum atomic E-state index is 13.8. The van der Waals surface area contributed by atoms with Crippen molar-refractivity contribution in [2.45, 2.75) is 40.3 Å². The summed E-state index contributed by atoms with van der Waals surface area (Å²) in [4.78, 5) is 32.4. The monoisotopic (exact) mass is 556 g/mol. The number of carbonyl (C=O) groups is 2. The number of para-hydroxylation sites is 1. The second-order valence-electron chi connectivity index (χ2n) is 10.9. The number of hydrogen-bond donors (Lipinski definition) is 2. The Bertz CT molecular complexity index is 1880. The molecule has 0 spiro atoms. The fraction of sp³-hybridized carbons (Fsp3) is 0.167. The molecule has 1 aliphatic rings. The molecule has 1 saturated heterocycles. The van der Waals surface area contributed by atoms with Gasteiger partial charge in [0.25, 0.3) is 11.7 Å². The molecule has 6 rings (SSSR count). The van der Waals surface area contributed by atoms with E-state index in [1.807, 2.05) is 100 Å². The van der Waals surface area contributed by atoms with Gasteiger partial charge in [0.15, 0.2) is 0 Å². The molecular formula is C36H32N2O4. The van der Waals surface area contributed by atoms with Gasteiger partial charge in [-0.15, -0.1) is 0 Å². The first-order valence-electron chi connectivity index (χ1n) is 14.0. The van der Waals surface area contributed by atoms with Crippen molar-refractivity contribution in [1.82, 2.24) is 4.98 Å².